The summed E-state index contributed by atoms with van der Waals surface area (Å²) in [4.78, 5) is 18.9. The fourth-order valence-electron chi connectivity index (χ4n) is 6.87. The predicted octanol–water partition coefficient (Wildman–Crippen LogP) is 5.33. The van der Waals surface area contributed by atoms with Crippen LogP contribution < -0.4 is 5.32 Å². The van der Waals surface area contributed by atoms with Crippen LogP contribution in [0, 0.1) is 28.6 Å². The largest absolute Gasteiger partial charge is 0.362 e. The van der Waals surface area contributed by atoms with Crippen molar-refractivity contribution in [2.24, 2.45) is 28.6 Å². The van der Waals surface area contributed by atoms with E-state index in [9.17, 15) is 4.79 Å². The van der Waals surface area contributed by atoms with E-state index in [1.165, 1.54) is 23.4 Å². The number of nitrogens with one attached hydrogen (secondary N) is 1. The summed E-state index contributed by atoms with van der Waals surface area (Å²) in [6, 6.07) is 0. The second-order valence-corrected chi connectivity index (χ2v) is 10.4. The van der Waals surface area contributed by atoms with E-state index in [1.54, 1.807) is 5.57 Å². The first-order valence-electron chi connectivity index (χ1n) is 10.5. The van der Waals surface area contributed by atoms with Crippen LogP contribution in [-0.2, 0) is 11.2 Å². The normalized spacial score (nSPS) is 41.0. The van der Waals surface area contributed by atoms with Gasteiger partial charge in [-0.1, -0.05) is 31.3 Å². The van der Waals surface area contributed by atoms with E-state index in [0.29, 0.717) is 17.6 Å². The zero-order chi connectivity index (χ0) is 18.1. The van der Waals surface area contributed by atoms with Gasteiger partial charge in [-0.05, 0) is 74.2 Å². The summed E-state index contributed by atoms with van der Waals surface area (Å²) in [5.74, 6) is 2.61. The van der Waals surface area contributed by atoms with E-state index in [4.69, 9.17) is 4.98 Å². The number of rotatable bonds is 2. The van der Waals surface area contributed by atoms with Crippen molar-refractivity contribution in [3.8, 4) is 0 Å². The van der Waals surface area contributed by atoms with Gasteiger partial charge < -0.3 is 5.32 Å². The van der Waals surface area contributed by atoms with Crippen molar-refractivity contribution in [3.63, 3.8) is 0 Å². The van der Waals surface area contributed by atoms with Crippen molar-refractivity contribution in [2.45, 2.75) is 65.7 Å². The van der Waals surface area contributed by atoms with Crippen molar-refractivity contribution in [2.75, 3.05) is 11.9 Å². The monoisotopic (exact) mass is 370 g/mol. The average molecular weight is 371 g/mol. The van der Waals surface area contributed by atoms with Crippen LogP contribution in [0.4, 0.5) is 5.13 Å². The summed E-state index contributed by atoms with van der Waals surface area (Å²) >= 11 is 1.86. The minimum absolute atomic E-state index is 0.0224. The average Bonchev–Trinajstić information content (AvgIpc) is 3.15. The highest BCUT2D eigenvalue weighted by Gasteiger charge is 2.58. The van der Waals surface area contributed by atoms with E-state index in [2.05, 4.69) is 32.2 Å². The Balaban J connectivity index is 1.54. The molecule has 5 atom stereocenters. The molecular weight excluding hydrogens is 340 g/mol. The van der Waals surface area contributed by atoms with Crippen molar-refractivity contribution in [1.29, 1.82) is 0 Å². The van der Waals surface area contributed by atoms with Crippen LogP contribution in [0.15, 0.2) is 6.08 Å². The Labute approximate surface area is 160 Å². The molecule has 3 nitrogen and oxygen atoms in total. The number of allylic oxidation sites excluding steroid dienone is 2. The number of carbonyl (C=O) groups is 1. The summed E-state index contributed by atoms with van der Waals surface area (Å²) in [6.07, 6.45) is 10.3. The minimum Gasteiger partial charge on any atom is -0.362 e. The number of hydrogen-bond acceptors (Lipinski definition) is 4. The number of thiazole rings is 1. The van der Waals surface area contributed by atoms with E-state index in [0.717, 1.165) is 49.7 Å². The standard InChI is InChI=1S/C22H30N2OS/c1-4-23-20-24-17-10-12-21(2)15-9-11-22(3)14(7-8-18(22)25)13(15)5-6-16(21)19(17)26-20/h6,13-15H,4-5,7-12H2,1-3H3,(H,23,24)/t13-,14-,15-,21+,22-/m0/s1. The molecule has 1 heterocycles. The van der Waals surface area contributed by atoms with Crippen LogP contribution >= 0.6 is 11.3 Å². The highest BCUT2D eigenvalue weighted by molar-refractivity contribution is 7.16. The lowest BCUT2D eigenvalue weighted by Gasteiger charge is -2.55. The summed E-state index contributed by atoms with van der Waals surface area (Å²) in [5, 5.41) is 4.50. The SMILES string of the molecule is CCNc1nc2c(s1)C1=CC[C@@H]3[C@H](CC[C@]4(C)C(=O)CC[C@@H]34)[C@@]1(C)CC2. The maximum atomic E-state index is 12.6. The van der Waals surface area contributed by atoms with Gasteiger partial charge in [0, 0.05) is 18.4 Å². The number of carbonyl (C=O) groups excluding carboxylic acids is 1. The predicted molar refractivity (Wildman–Crippen MR) is 107 cm³/mol. The number of aryl methyl sites for hydroxylation is 1. The number of aromatic nitrogens is 1. The van der Waals surface area contributed by atoms with Crippen LogP contribution in [-0.4, -0.2) is 17.3 Å². The van der Waals surface area contributed by atoms with Gasteiger partial charge >= 0.3 is 0 Å². The molecule has 0 unspecified atom stereocenters. The van der Waals surface area contributed by atoms with Crippen LogP contribution in [0.5, 0.6) is 0 Å². The molecule has 140 valence electrons. The molecule has 4 aliphatic rings. The maximum absolute atomic E-state index is 12.6. The molecule has 4 aliphatic carbocycles. The lowest BCUT2D eigenvalue weighted by Crippen LogP contribution is -2.49. The molecule has 0 radical (unpaired) electrons. The fraction of sp³-hybridized carbons (Fsp3) is 0.727. The fourth-order valence-corrected chi connectivity index (χ4v) is 8.13. The van der Waals surface area contributed by atoms with Gasteiger partial charge in [-0.25, -0.2) is 4.98 Å². The van der Waals surface area contributed by atoms with Gasteiger partial charge in [-0.15, -0.1) is 0 Å². The molecule has 1 N–H and O–H groups in total. The van der Waals surface area contributed by atoms with Crippen molar-refractivity contribution in [3.05, 3.63) is 16.6 Å². The Hall–Kier alpha value is -1.16. The summed E-state index contributed by atoms with van der Waals surface area (Å²) in [7, 11) is 0. The van der Waals surface area contributed by atoms with Crippen LogP contribution in [0.25, 0.3) is 5.57 Å². The molecule has 0 aromatic carbocycles. The zero-order valence-electron chi connectivity index (χ0n) is 16.2. The molecule has 2 fully saturated rings. The van der Waals surface area contributed by atoms with Gasteiger partial charge in [0.15, 0.2) is 5.13 Å². The van der Waals surface area contributed by atoms with Gasteiger partial charge in [0.05, 0.1) is 10.6 Å². The highest BCUT2D eigenvalue weighted by atomic mass is 32.1. The Morgan fingerprint density at radius 1 is 1.19 bits per heavy atom. The molecule has 1 aromatic heterocycles. The number of fused-ring (bicyclic) bond motifs is 7. The van der Waals surface area contributed by atoms with E-state index < -0.39 is 0 Å². The van der Waals surface area contributed by atoms with Crippen molar-refractivity contribution >= 4 is 27.8 Å². The molecule has 2 saturated carbocycles. The first kappa shape index (κ1) is 17.0. The molecule has 4 heteroatoms. The summed E-state index contributed by atoms with van der Waals surface area (Å²) in [5.41, 5.74) is 3.14. The first-order valence-corrected chi connectivity index (χ1v) is 11.3. The third kappa shape index (κ3) is 2.11. The Bertz CT molecular complexity index is 796. The number of ketones is 1. The Morgan fingerprint density at radius 3 is 2.81 bits per heavy atom. The van der Waals surface area contributed by atoms with Gasteiger partial charge in [0.1, 0.15) is 5.78 Å². The summed E-state index contributed by atoms with van der Waals surface area (Å²) in [6.45, 7) is 7.86. The minimum atomic E-state index is -0.0224. The number of anilines is 1. The van der Waals surface area contributed by atoms with Gasteiger partial charge in [0.25, 0.3) is 0 Å². The number of Topliss-reactive ketones (excluding diaryl/α,β-unsaturated/α-hetero) is 1. The topological polar surface area (TPSA) is 42.0 Å². The molecule has 26 heavy (non-hydrogen) atoms. The molecule has 0 spiro atoms. The lowest BCUT2D eigenvalue weighted by molar-refractivity contribution is -0.131. The molecule has 0 amide bonds. The molecule has 5 rings (SSSR count). The summed E-state index contributed by atoms with van der Waals surface area (Å²) < 4.78 is 0. The van der Waals surface area contributed by atoms with Gasteiger partial charge in [-0.3, -0.25) is 4.79 Å². The van der Waals surface area contributed by atoms with Gasteiger partial charge in [-0.2, -0.15) is 0 Å². The third-order valence-corrected chi connectivity index (χ3v) is 9.41. The Morgan fingerprint density at radius 2 is 2.00 bits per heavy atom. The van der Waals surface area contributed by atoms with Crippen molar-refractivity contribution < 1.29 is 4.79 Å². The van der Waals surface area contributed by atoms with E-state index >= 15 is 0 Å². The number of hydrogen-bond donors (Lipinski definition) is 1. The number of nitrogens with zero attached hydrogens (tertiary/aromatic N) is 1. The quantitative estimate of drug-likeness (QED) is 0.765. The van der Waals surface area contributed by atoms with Gasteiger partial charge in [0.2, 0.25) is 0 Å². The van der Waals surface area contributed by atoms with Crippen LogP contribution in [0.3, 0.4) is 0 Å². The van der Waals surface area contributed by atoms with E-state index in [-0.39, 0.29) is 10.8 Å². The molecule has 0 aliphatic heterocycles. The zero-order valence-corrected chi connectivity index (χ0v) is 17.0. The third-order valence-electron chi connectivity index (χ3n) is 8.33. The lowest BCUT2D eigenvalue weighted by atomic mass is 9.48. The molecule has 1 aromatic rings. The highest BCUT2D eigenvalue weighted by Crippen LogP contribution is 2.65. The van der Waals surface area contributed by atoms with Crippen LogP contribution in [0.1, 0.15) is 69.9 Å². The van der Waals surface area contributed by atoms with E-state index in [1.807, 2.05) is 11.3 Å². The smallest absolute Gasteiger partial charge is 0.183 e. The molecule has 0 bridgehead atoms. The second kappa shape index (κ2) is 5.67. The maximum Gasteiger partial charge on any atom is 0.183 e. The first-order chi connectivity index (χ1) is 12.5. The second-order valence-electron chi connectivity index (χ2n) is 9.39. The van der Waals surface area contributed by atoms with Crippen LogP contribution in [0.2, 0.25) is 0 Å². The Kier molecular flexibility index (Phi) is 3.70. The van der Waals surface area contributed by atoms with Crippen molar-refractivity contribution in [1.82, 2.24) is 4.98 Å². The molecule has 0 saturated heterocycles. The molecular formula is C22H30N2OS.